The Morgan fingerprint density at radius 1 is 1.18 bits per heavy atom. The summed E-state index contributed by atoms with van der Waals surface area (Å²) in [4.78, 5) is 30.0. The van der Waals surface area contributed by atoms with Gasteiger partial charge in [-0.05, 0) is 68.3 Å². The second kappa shape index (κ2) is 8.10. The van der Waals surface area contributed by atoms with E-state index in [9.17, 15) is 19.8 Å². The number of carbonyl (C=O) groups is 2. The molecule has 9 nitrogen and oxygen atoms in total. The number of Topliss-reactive ketones (excluding diaryl/α,β-unsaturated/α-hetero) is 1. The Bertz CT molecular complexity index is 1360. The number of methoxy groups -OCH3 is 2. The molecular weight excluding hydrogens is 488 g/mol. The molecule has 3 N–H and O–H groups in total. The number of phenolic OH excluding ortho intramolecular Hbond substituents is 1. The molecule has 1 spiro atoms. The highest BCUT2D eigenvalue weighted by Gasteiger charge is 2.75. The molecule has 1 amide bonds. The zero-order valence-corrected chi connectivity index (χ0v) is 21.5. The van der Waals surface area contributed by atoms with Crippen molar-refractivity contribution in [1.29, 1.82) is 0 Å². The molecule has 5 aliphatic rings. The minimum atomic E-state index is -1.36. The fourth-order valence-electron chi connectivity index (χ4n) is 7.67. The highest BCUT2D eigenvalue weighted by Crippen LogP contribution is 2.65. The topological polar surface area (TPSA) is 118 Å². The first kappa shape index (κ1) is 23.8. The number of nitrogens with one attached hydrogen (secondary N) is 1. The molecule has 2 aromatic rings. The molecule has 2 saturated carbocycles. The summed E-state index contributed by atoms with van der Waals surface area (Å²) in [5.74, 6) is -0.0939. The molecular formula is C29H32N2O7. The van der Waals surface area contributed by atoms with Gasteiger partial charge in [-0.1, -0.05) is 6.07 Å². The molecule has 200 valence electrons. The van der Waals surface area contributed by atoms with E-state index in [0.717, 1.165) is 24.2 Å². The van der Waals surface area contributed by atoms with Crippen molar-refractivity contribution in [3.63, 3.8) is 0 Å². The number of aliphatic hydroxyl groups is 1. The third-order valence-electron chi connectivity index (χ3n) is 9.60. The minimum Gasteiger partial charge on any atom is -0.504 e. The standard InChI is InChI=1S/C29H32N2O7/c1-36-20-8-6-17(12-21(20)37-2)30-27(34)18-13-29(35)22-11-16-5-7-19(32)25-23(16)28(29,26(38-25)24(18)33)9-10-31(22)14-15-3-4-15/h5-8,12,15,18,22,26,32,35H,3-4,9-11,13-14H2,1-2H3,(H,30,34)/t18?,22-,26+,28+,29-/m1/s1. The molecule has 0 aromatic heterocycles. The number of piperidine rings is 1. The smallest absolute Gasteiger partial charge is 0.235 e. The maximum Gasteiger partial charge on any atom is 0.235 e. The number of likely N-dealkylation sites (tertiary alicyclic amines) is 1. The Morgan fingerprint density at radius 2 is 1.97 bits per heavy atom. The maximum absolute atomic E-state index is 14.0. The summed E-state index contributed by atoms with van der Waals surface area (Å²) in [6.07, 6.45) is 2.49. The Labute approximate surface area is 220 Å². The van der Waals surface area contributed by atoms with Crippen molar-refractivity contribution in [1.82, 2.24) is 4.90 Å². The minimum absolute atomic E-state index is 0.00514. The number of hydrogen-bond donors (Lipinski definition) is 3. The summed E-state index contributed by atoms with van der Waals surface area (Å²) in [6, 6.07) is 8.27. The van der Waals surface area contributed by atoms with E-state index in [2.05, 4.69) is 10.2 Å². The molecule has 38 heavy (non-hydrogen) atoms. The highest BCUT2D eigenvalue weighted by molar-refractivity contribution is 6.10. The average Bonchev–Trinajstić information content (AvgIpc) is 3.65. The number of amides is 1. The summed E-state index contributed by atoms with van der Waals surface area (Å²) < 4.78 is 16.9. The first-order chi connectivity index (χ1) is 18.3. The second-order valence-corrected chi connectivity index (χ2v) is 11.5. The third-order valence-corrected chi connectivity index (χ3v) is 9.60. The van der Waals surface area contributed by atoms with Crippen LogP contribution in [0, 0.1) is 11.8 Å². The Hall–Kier alpha value is -3.30. The monoisotopic (exact) mass is 520 g/mol. The summed E-state index contributed by atoms with van der Waals surface area (Å²) >= 11 is 0. The normalized spacial score (nSPS) is 32.8. The van der Waals surface area contributed by atoms with Gasteiger partial charge in [0.25, 0.3) is 0 Å². The lowest BCUT2D eigenvalue weighted by molar-refractivity contribution is -0.197. The number of phenols is 1. The van der Waals surface area contributed by atoms with Crippen LogP contribution >= 0.6 is 0 Å². The molecule has 2 heterocycles. The molecule has 1 unspecified atom stereocenters. The van der Waals surface area contributed by atoms with Crippen molar-refractivity contribution in [2.45, 2.75) is 55.3 Å². The van der Waals surface area contributed by atoms with Gasteiger partial charge in [0.2, 0.25) is 5.91 Å². The Kier molecular flexibility index (Phi) is 5.07. The first-order valence-electron chi connectivity index (χ1n) is 13.4. The number of carbonyl (C=O) groups excluding carboxylic acids is 2. The lowest BCUT2D eigenvalue weighted by Gasteiger charge is -2.63. The van der Waals surface area contributed by atoms with E-state index in [0.29, 0.717) is 35.9 Å². The number of benzene rings is 2. The van der Waals surface area contributed by atoms with Crippen LogP contribution < -0.4 is 19.5 Å². The van der Waals surface area contributed by atoms with Gasteiger partial charge in [-0.2, -0.15) is 0 Å². The number of rotatable bonds is 6. The molecule has 2 aliphatic heterocycles. The SMILES string of the molecule is COc1ccc(NC(=O)C2C[C@@]3(O)[C@H]4Cc5ccc(O)c6c5[C@@]3(CCN4CC3CC3)[C@@H](O6)C2=O)cc1OC. The van der Waals surface area contributed by atoms with E-state index < -0.39 is 28.9 Å². The van der Waals surface area contributed by atoms with Crippen LogP contribution in [0.4, 0.5) is 5.69 Å². The number of ether oxygens (including phenoxy) is 3. The van der Waals surface area contributed by atoms with Crippen LogP contribution in [0.5, 0.6) is 23.0 Å². The van der Waals surface area contributed by atoms with Crippen LogP contribution in [0.3, 0.4) is 0 Å². The number of aromatic hydroxyl groups is 1. The number of ketones is 1. The summed E-state index contributed by atoms with van der Waals surface area (Å²) in [6.45, 7) is 1.65. The fourth-order valence-corrected chi connectivity index (χ4v) is 7.67. The van der Waals surface area contributed by atoms with Crippen LogP contribution in [0.1, 0.15) is 36.8 Å². The first-order valence-corrected chi connectivity index (χ1v) is 13.4. The van der Waals surface area contributed by atoms with Crippen LogP contribution in [0.25, 0.3) is 0 Å². The van der Waals surface area contributed by atoms with Gasteiger partial charge >= 0.3 is 0 Å². The van der Waals surface area contributed by atoms with Crippen molar-refractivity contribution < 1.29 is 34.0 Å². The van der Waals surface area contributed by atoms with Crippen LogP contribution in [0.2, 0.25) is 0 Å². The number of nitrogens with zero attached hydrogens (tertiary/aromatic N) is 1. The van der Waals surface area contributed by atoms with Crippen LogP contribution in [-0.2, 0) is 21.4 Å². The van der Waals surface area contributed by atoms with Crippen molar-refractivity contribution in [2.75, 3.05) is 32.6 Å². The van der Waals surface area contributed by atoms with E-state index >= 15 is 0 Å². The van der Waals surface area contributed by atoms with E-state index in [4.69, 9.17) is 14.2 Å². The maximum atomic E-state index is 14.0. The van der Waals surface area contributed by atoms with E-state index in [1.165, 1.54) is 27.1 Å². The number of anilines is 1. The molecule has 2 bridgehead atoms. The third kappa shape index (κ3) is 3.06. The molecule has 3 fully saturated rings. The van der Waals surface area contributed by atoms with Gasteiger partial charge in [0, 0.05) is 29.9 Å². The predicted molar refractivity (Wildman–Crippen MR) is 137 cm³/mol. The van der Waals surface area contributed by atoms with Gasteiger partial charge in [-0.25, -0.2) is 0 Å². The van der Waals surface area contributed by atoms with Gasteiger partial charge in [-0.3, -0.25) is 14.5 Å². The van der Waals surface area contributed by atoms with E-state index in [-0.39, 0.29) is 29.7 Å². The van der Waals surface area contributed by atoms with Gasteiger partial charge in [0.1, 0.15) is 5.92 Å². The largest absolute Gasteiger partial charge is 0.504 e. The molecule has 7 rings (SSSR count). The molecule has 3 aliphatic carbocycles. The zero-order chi connectivity index (χ0) is 26.4. The quantitative estimate of drug-likeness (QED) is 0.497. The van der Waals surface area contributed by atoms with Crippen molar-refractivity contribution in [3.05, 3.63) is 41.5 Å². The van der Waals surface area contributed by atoms with E-state index in [1.54, 1.807) is 24.3 Å². The summed E-state index contributed by atoms with van der Waals surface area (Å²) in [7, 11) is 3.04. The fraction of sp³-hybridized carbons (Fsp3) is 0.517. The predicted octanol–water partition coefficient (Wildman–Crippen LogP) is 2.41. The van der Waals surface area contributed by atoms with Crippen molar-refractivity contribution >= 4 is 17.4 Å². The zero-order valence-electron chi connectivity index (χ0n) is 21.5. The Morgan fingerprint density at radius 3 is 2.71 bits per heavy atom. The molecule has 0 radical (unpaired) electrons. The lowest BCUT2D eigenvalue weighted by atomic mass is 9.47. The second-order valence-electron chi connectivity index (χ2n) is 11.5. The van der Waals surface area contributed by atoms with E-state index in [1.807, 2.05) is 6.07 Å². The Balaban J connectivity index is 1.28. The van der Waals surface area contributed by atoms with Gasteiger partial charge < -0.3 is 29.7 Å². The van der Waals surface area contributed by atoms with Gasteiger partial charge in [0.15, 0.2) is 34.9 Å². The molecule has 9 heteroatoms. The highest BCUT2D eigenvalue weighted by atomic mass is 16.5. The van der Waals surface area contributed by atoms with Crippen molar-refractivity contribution in [3.8, 4) is 23.0 Å². The average molecular weight is 521 g/mol. The van der Waals surface area contributed by atoms with Crippen molar-refractivity contribution in [2.24, 2.45) is 11.8 Å². The molecule has 1 saturated heterocycles. The van der Waals surface area contributed by atoms with Gasteiger partial charge in [0.05, 0.1) is 25.2 Å². The number of hydrogen-bond acceptors (Lipinski definition) is 8. The molecule has 2 aromatic carbocycles. The molecule has 5 atom stereocenters. The van der Waals surface area contributed by atoms with Crippen LogP contribution in [0.15, 0.2) is 30.3 Å². The van der Waals surface area contributed by atoms with Crippen LogP contribution in [-0.4, -0.2) is 71.9 Å². The summed E-state index contributed by atoms with van der Waals surface area (Å²) in [5, 5.41) is 26.2. The summed E-state index contributed by atoms with van der Waals surface area (Å²) in [5.41, 5.74) is -0.0978. The lowest BCUT2D eigenvalue weighted by Crippen LogP contribution is -2.78. The van der Waals surface area contributed by atoms with Gasteiger partial charge in [-0.15, -0.1) is 0 Å².